The quantitative estimate of drug-likeness (QED) is 0.854. The van der Waals surface area contributed by atoms with E-state index in [1.54, 1.807) is 6.92 Å². The first-order chi connectivity index (χ1) is 8.59. The lowest BCUT2D eigenvalue weighted by Crippen LogP contribution is -2.04. The van der Waals surface area contributed by atoms with E-state index in [-0.39, 0.29) is 5.78 Å². The fourth-order valence-electron chi connectivity index (χ4n) is 1.89. The molecule has 1 N–H and O–H groups in total. The van der Waals surface area contributed by atoms with Crippen molar-refractivity contribution >= 4 is 22.3 Å². The highest BCUT2D eigenvalue weighted by Gasteiger charge is 2.14. The van der Waals surface area contributed by atoms with Gasteiger partial charge in [-0.05, 0) is 43.4 Å². The second kappa shape index (κ2) is 5.31. The molecule has 1 aromatic heterocycles. The second-order valence-corrected chi connectivity index (χ2v) is 5.08. The summed E-state index contributed by atoms with van der Waals surface area (Å²) in [5.74, 6) is 0.0635. The molecule has 0 spiro atoms. The predicted molar refractivity (Wildman–Crippen MR) is 75.4 cm³/mol. The van der Waals surface area contributed by atoms with Crippen LogP contribution in [0.3, 0.4) is 0 Å². The number of hydrogen-bond donors (Lipinski definition) is 1. The molecular weight excluding hydrogens is 244 g/mol. The van der Waals surface area contributed by atoms with Crippen LogP contribution < -0.4 is 5.32 Å². The van der Waals surface area contributed by atoms with Gasteiger partial charge in [-0.15, -0.1) is 0 Å². The molecule has 0 unspecified atom stereocenters. The fraction of sp³-hybridized carbons (Fsp3) is 0.286. The van der Waals surface area contributed by atoms with Gasteiger partial charge >= 0.3 is 0 Å². The molecule has 0 aliphatic carbocycles. The van der Waals surface area contributed by atoms with Crippen LogP contribution in [0, 0.1) is 13.8 Å². The van der Waals surface area contributed by atoms with Crippen LogP contribution in [-0.2, 0) is 6.54 Å². The van der Waals surface area contributed by atoms with Gasteiger partial charge in [0.1, 0.15) is 5.00 Å². The molecule has 0 fully saturated rings. The van der Waals surface area contributed by atoms with Crippen LogP contribution in [0.4, 0.5) is 5.00 Å². The highest BCUT2D eigenvalue weighted by molar-refractivity contribution is 7.10. The molecule has 0 aliphatic heterocycles. The number of nitrogens with zero attached hydrogens (tertiary/aromatic N) is 1. The third-order valence-corrected chi connectivity index (χ3v) is 3.81. The highest BCUT2D eigenvalue weighted by atomic mass is 32.1. The summed E-state index contributed by atoms with van der Waals surface area (Å²) in [6, 6.07) is 8.22. The molecule has 2 aromatic rings. The Labute approximate surface area is 111 Å². The Hall–Kier alpha value is -1.68. The maximum atomic E-state index is 11.6. The Balaban J connectivity index is 2.16. The first-order valence-electron chi connectivity index (χ1n) is 5.85. The van der Waals surface area contributed by atoms with E-state index >= 15 is 0 Å². The molecule has 1 aromatic carbocycles. The van der Waals surface area contributed by atoms with Gasteiger partial charge in [-0.3, -0.25) is 4.79 Å². The van der Waals surface area contributed by atoms with Crippen molar-refractivity contribution in [3.63, 3.8) is 0 Å². The van der Waals surface area contributed by atoms with Crippen LogP contribution in [-0.4, -0.2) is 10.2 Å². The fourth-order valence-corrected chi connectivity index (χ4v) is 2.73. The van der Waals surface area contributed by atoms with Gasteiger partial charge in [0.05, 0.1) is 11.3 Å². The largest absolute Gasteiger partial charge is 0.371 e. The monoisotopic (exact) mass is 260 g/mol. The Morgan fingerprint density at radius 1 is 1.33 bits per heavy atom. The minimum atomic E-state index is 0.0635. The molecule has 2 rings (SSSR count). The molecule has 3 nitrogen and oxygen atoms in total. The Kier molecular flexibility index (Phi) is 3.77. The van der Waals surface area contributed by atoms with Crippen molar-refractivity contribution in [2.24, 2.45) is 0 Å². The first kappa shape index (κ1) is 12.8. The minimum Gasteiger partial charge on any atom is -0.371 e. The van der Waals surface area contributed by atoms with Crippen LogP contribution in [0.1, 0.15) is 34.1 Å². The lowest BCUT2D eigenvalue weighted by molar-refractivity contribution is 0.101. The van der Waals surface area contributed by atoms with Gasteiger partial charge in [-0.25, -0.2) is 0 Å². The second-order valence-electron chi connectivity index (χ2n) is 4.31. The maximum Gasteiger partial charge on any atom is 0.164 e. The zero-order chi connectivity index (χ0) is 13.1. The van der Waals surface area contributed by atoms with Crippen molar-refractivity contribution in [2.75, 3.05) is 5.32 Å². The van der Waals surface area contributed by atoms with Crippen molar-refractivity contribution in [1.82, 2.24) is 4.37 Å². The van der Waals surface area contributed by atoms with E-state index in [9.17, 15) is 4.79 Å². The summed E-state index contributed by atoms with van der Waals surface area (Å²) in [6.45, 7) is 6.25. The van der Waals surface area contributed by atoms with E-state index in [0.29, 0.717) is 12.1 Å². The lowest BCUT2D eigenvalue weighted by Gasteiger charge is -2.08. The molecule has 94 valence electrons. The summed E-state index contributed by atoms with van der Waals surface area (Å²) in [5, 5.41) is 4.17. The minimum absolute atomic E-state index is 0.0635. The third kappa shape index (κ3) is 2.59. The van der Waals surface area contributed by atoms with Crippen LogP contribution in [0.5, 0.6) is 0 Å². The van der Waals surface area contributed by atoms with Crippen LogP contribution in [0.25, 0.3) is 0 Å². The average Bonchev–Trinajstić information content (AvgIpc) is 2.69. The Morgan fingerprint density at radius 3 is 2.72 bits per heavy atom. The van der Waals surface area contributed by atoms with Crippen LogP contribution in [0.15, 0.2) is 24.3 Å². The molecular formula is C14H16N2OS. The van der Waals surface area contributed by atoms with E-state index in [4.69, 9.17) is 0 Å². The van der Waals surface area contributed by atoms with Crippen molar-refractivity contribution in [1.29, 1.82) is 0 Å². The molecule has 18 heavy (non-hydrogen) atoms. The molecule has 4 heteroatoms. The van der Waals surface area contributed by atoms with Crippen molar-refractivity contribution < 1.29 is 4.79 Å². The number of ketones is 1. The highest BCUT2D eigenvalue weighted by Crippen LogP contribution is 2.25. The molecule has 0 radical (unpaired) electrons. The standard InChI is InChI=1S/C14H16N2OS/c1-9-6-4-5-7-12(9)8-15-14-13(11(3)17)10(2)16-18-14/h4-7,15H,8H2,1-3H3. The number of benzene rings is 1. The van der Waals surface area contributed by atoms with Gasteiger partial charge in [-0.2, -0.15) is 4.37 Å². The number of rotatable bonds is 4. The topological polar surface area (TPSA) is 42.0 Å². The van der Waals surface area contributed by atoms with E-state index in [1.807, 2.05) is 19.1 Å². The predicted octanol–water partition coefficient (Wildman–Crippen LogP) is 3.57. The normalized spacial score (nSPS) is 10.4. The number of aromatic nitrogens is 1. The van der Waals surface area contributed by atoms with Gasteiger partial charge in [-0.1, -0.05) is 24.3 Å². The zero-order valence-corrected chi connectivity index (χ0v) is 11.6. The Bertz CT molecular complexity index is 575. The number of hydrogen-bond acceptors (Lipinski definition) is 4. The molecule has 0 saturated heterocycles. The van der Waals surface area contributed by atoms with Gasteiger partial charge < -0.3 is 5.32 Å². The molecule has 0 bridgehead atoms. The van der Waals surface area contributed by atoms with Crippen molar-refractivity contribution in [2.45, 2.75) is 27.3 Å². The molecule has 0 atom stereocenters. The molecule has 1 heterocycles. The zero-order valence-electron chi connectivity index (χ0n) is 10.8. The Morgan fingerprint density at radius 2 is 2.06 bits per heavy atom. The van der Waals surface area contributed by atoms with E-state index in [2.05, 4.69) is 28.7 Å². The summed E-state index contributed by atoms with van der Waals surface area (Å²) in [4.78, 5) is 11.6. The van der Waals surface area contributed by atoms with Gasteiger partial charge in [0.15, 0.2) is 5.78 Å². The van der Waals surface area contributed by atoms with Gasteiger partial charge in [0, 0.05) is 6.54 Å². The van der Waals surface area contributed by atoms with Crippen molar-refractivity contribution in [3.8, 4) is 0 Å². The van der Waals surface area contributed by atoms with Gasteiger partial charge in [0.25, 0.3) is 0 Å². The van der Waals surface area contributed by atoms with E-state index < -0.39 is 0 Å². The average molecular weight is 260 g/mol. The summed E-state index contributed by atoms with van der Waals surface area (Å²) in [6.07, 6.45) is 0. The SMILES string of the molecule is CC(=O)c1c(C)nsc1NCc1ccccc1C. The summed E-state index contributed by atoms with van der Waals surface area (Å²) in [5.41, 5.74) is 4.00. The summed E-state index contributed by atoms with van der Waals surface area (Å²) in [7, 11) is 0. The van der Waals surface area contributed by atoms with Crippen molar-refractivity contribution in [3.05, 3.63) is 46.6 Å². The number of nitrogens with one attached hydrogen (secondary N) is 1. The summed E-state index contributed by atoms with van der Waals surface area (Å²) >= 11 is 1.35. The lowest BCUT2D eigenvalue weighted by atomic mass is 10.1. The number of carbonyl (C=O) groups excluding carboxylic acids is 1. The molecule has 0 saturated carbocycles. The van der Waals surface area contributed by atoms with Gasteiger partial charge in [0.2, 0.25) is 0 Å². The third-order valence-electron chi connectivity index (χ3n) is 2.92. The number of anilines is 1. The van der Waals surface area contributed by atoms with Crippen LogP contribution >= 0.6 is 11.5 Å². The van der Waals surface area contributed by atoms with E-state index in [1.165, 1.54) is 22.7 Å². The first-order valence-corrected chi connectivity index (χ1v) is 6.62. The molecule has 0 amide bonds. The number of aryl methyl sites for hydroxylation is 2. The number of carbonyl (C=O) groups is 1. The maximum absolute atomic E-state index is 11.6. The number of Topliss-reactive ketones (excluding diaryl/α,β-unsaturated/α-hetero) is 1. The molecule has 0 aliphatic rings. The van der Waals surface area contributed by atoms with E-state index in [0.717, 1.165) is 10.7 Å². The van der Waals surface area contributed by atoms with Crippen LogP contribution in [0.2, 0.25) is 0 Å². The smallest absolute Gasteiger partial charge is 0.164 e. The summed E-state index contributed by atoms with van der Waals surface area (Å²) < 4.78 is 4.23.